The van der Waals surface area contributed by atoms with Crippen LogP contribution in [0.2, 0.25) is 0 Å². The molecule has 0 unspecified atom stereocenters. The Balaban J connectivity index is 3.08. The molecule has 98 valence electrons. The highest BCUT2D eigenvalue weighted by atomic mass is 32.5. The second kappa shape index (κ2) is 5.46. The monoisotopic (exact) mass is 294 g/mol. The van der Waals surface area contributed by atoms with Gasteiger partial charge >= 0.3 is 6.72 Å². The smallest absolute Gasteiger partial charge is 0.322 e. The minimum absolute atomic E-state index is 0.0390. The lowest BCUT2D eigenvalue weighted by Crippen LogP contribution is -1.99. The fraction of sp³-hybridized carbons (Fsp3) is 0.143. The van der Waals surface area contributed by atoms with Crippen molar-refractivity contribution in [2.75, 3.05) is 0 Å². The summed E-state index contributed by atoms with van der Waals surface area (Å²) >= 11 is 4.18. The Bertz CT molecular complexity index is 543. The van der Waals surface area contributed by atoms with E-state index in [1.807, 2.05) is 0 Å². The number of nitro groups is 2. The summed E-state index contributed by atoms with van der Waals surface area (Å²) in [5, 5.41) is 21.2. The molecular formula is C7H7N2O7PS. The molecule has 0 saturated heterocycles. The summed E-state index contributed by atoms with van der Waals surface area (Å²) in [4.78, 5) is 37.2. The summed E-state index contributed by atoms with van der Waals surface area (Å²) in [7, 11) is 0. The number of nitrogens with zero attached hydrogens (tertiary/aromatic N) is 2. The minimum Gasteiger partial charge on any atom is -0.325 e. The zero-order valence-corrected chi connectivity index (χ0v) is 10.3. The van der Waals surface area contributed by atoms with Gasteiger partial charge in [-0.3, -0.25) is 20.2 Å². The second-order valence-electron chi connectivity index (χ2n) is 3.09. The average Bonchev–Trinajstić information content (AvgIpc) is 2.24. The molecule has 0 fully saturated rings. The third-order valence-electron chi connectivity index (χ3n) is 1.86. The largest absolute Gasteiger partial charge is 0.325 e. The van der Waals surface area contributed by atoms with E-state index in [0.29, 0.717) is 0 Å². The van der Waals surface area contributed by atoms with Gasteiger partial charge in [0.1, 0.15) is 0 Å². The third-order valence-corrected chi connectivity index (χ3v) is 2.65. The van der Waals surface area contributed by atoms with Gasteiger partial charge < -0.3 is 14.3 Å². The van der Waals surface area contributed by atoms with Crippen LogP contribution in [0.4, 0.5) is 11.4 Å². The summed E-state index contributed by atoms with van der Waals surface area (Å²) in [6.45, 7) is -4.45. The van der Waals surface area contributed by atoms with Crippen LogP contribution in [0.25, 0.3) is 0 Å². The topological polar surface area (TPSA) is 136 Å². The Labute approximate surface area is 105 Å². The zero-order chi connectivity index (χ0) is 13.9. The van der Waals surface area contributed by atoms with Crippen LogP contribution in [-0.2, 0) is 22.9 Å². The number of hydrogen-bond donors (Lipinski definition) is 2. The van der Waals surface area contributed by atoms with Crippen LogP contribution in [0.1, 0.15) is 5.56 Å². The SMILES string of the molecule is O=[N+]([O-])c1ccc(COP(O)(O)=S)c([N+](=O)[O-])c1. The van der Waals surface area contributed by atoms with Gasteiger partial charge in [0.2, 0.25) is 0 Å². The van der Waals surface area contributed by atoms with E-state index >= 15 is 0 Å². The Morgan fingerprint density at radius 1 is 1.28 bits per heavy atom. The molecule has 0 heterocycles. The summed E-state index contributed by atoms with van der Waals surface area (Å²) in [5.74, 6) is 0. The van der Waals surface area contributed by atoms with Crippen LogP contribution in [0.5, 0.6) is 0 Å². The predicted octanol–water partition coefficient (Wildman–Crippen LogP) is 1.23. The molecule has 0 bridgehead atoms. The second-order valence-corrected chi connectivity index (χ2v) is 5.76. The Morgan fingerprint density at radius 3 is 2.33 bits per heavy atom. The molecule has 0 spiro atoms. The van der Waals surface area contributed by atoms with Gasteiger partial charge in [-0.2, -0.15) is 0 Å². The lowest BCUT2D eigenvalue weighted by atomic mass is 10.2. The molecule has 0 radical (unpaired) electrons. The zero-order valence-electron chi connectivity index (χ0n) is 8.62. The molecule has 0 atom stereocenters. The first-order valence-corrected chi connectivity index (χ1v) is 6.95. The van der Waals surface area contributed by atoms with Gasteiger partial charge in [0.25, 0.3) is 11.4 Å². The van der Waals surface area contributed by atoms with E-state index in [9.17, 15) is 20.2 Å². The fourth-order valence-electron chi connectivity index (χ4n) is 1.11. The summed E-state index contributed by atoms with van der Waals surface area (Å²) < 4.78 is 4.47. The lowest BCUT2D eigenvalue weighted by Gasteiger charge is -2.08. The number of benzene rings is 1. The molecule has 9 nitrogen and oxygen atoms in total. The summed E-state index contributed by atoms with van der Waals surface area (Å²) in [6.07, 6.45) is 0. The van der Waals surface area contributed by atoms with Crippen LogP contribution in [0.3, 0.4) is 0 Å². The van der Waals surface area contributed by atoms with E-state index in [1.54, 1.807) is 0 Å². The van der Waals surface area contributed by atoms with Crippen molar-refractivity contribution in [3.05, 3.63) is 44.0 Å². The van der Waals surface area contributed by atoms with Crippen molar-refractivity contribution in [1.29, 1.82) is 0 Å². The van der Waals surface area contributed by atoms with Crippen LogP contribution in [0.15, 0.2) is 18.2 Å². The van der Waals surface area contributed by atoms with Gasteiger partial charge in [0.15, 0.2) is 0 Å². The van der Waals surface area contributed by atoms with Crippen LogP contribution >= 0.6 is 6.72 Å². The summed E-state index contributed by atoms with van der Waals surface area (Å²) in [6, 6.07) is 2.90. The predicted molar refractivity (Wildman–Crippen MR) is 63.3 cm³/mol. The maximum absolute atomic E-state index is 10.7. The highest BCUT2D eigenvalue weighted by Gasteiger charge is 2.21. The van der Waals surface area contributed by atoms with Gasteiger partial charge in [-0.1, -0.05) is 0 Å². The van der Waals surface area contributed by atoms with E-state index in [2.05, 4.69) is 16.3 Å². The van der Waals surface area contributed by atoms with Crippen molar-refractivity contribution >= 4 is 29.9 Å². The van der Waals surface area contributed by atoms with Crippen molar-refractivity contribution < 1.29 is 24.2 Å². The van der Waals surface area contributed by atoms with Gasteiger partial charge in [-0.05, 0) is 17.9 Å². The average molecular weight is 294 g/mol. The number of rotatable bonds is 5. The maximum Gasteiger partial charge on any atom is 0.322 e. The quantitative estimate of drug-likeness (QED) is 0.470. The molecule has 1 aromatic rings. The Hall–Kier alpha value is -1.45. The molecule has 1 aromatic carbocycles. The summed E-state index contributed by atoms with van der Waals surface area (Å²) in [5.41, 5.74) is -1.03. The van der Waals surface area contributed by atoms with E-state index in [4.69, 9.17) is 9.79 Å². The molecule has 1 rings (SSSR count). The van der Waals surface area contributed by atoms with E-state index in [1.165, 1.54) is 0 Å². The van der Waals surface area contributed by atoms with E-state index in [0.717, 1.165) is 18.2 Å². The Kier molecular flexibility index (Phi) is 4.43. The first-order chi connectivity index (χ1) is 8.20. The molecule has 2 N–H and O–H groups in total. The normalized spacial score (nSPS) is 11.2. The third kappa shape index (κ3) is 4.09. The van der Waals surface area contributed by atoms with E-state index < -0.39 is 34.5 Å². The van der Waals surface area contributed by atoms with Crippen molar-refractivity contribution in [2.45, 2.75) is 6.61 Å². The molecule has 18 heavy (non-hydrogen) atoms. The van der Waals surface area contributed by atoms with E-state index in [-0.39, 0.29) is 5.56 Å². The van der Waals surface area contributed by atoms with Crippen LogP contribution < -0.4 is 0 Å². The molecule has 0 aliphatic heterocycles. The number of hydrogen-bond acceptors (Lipinski definition) is 6. The van der Waals surface area contributed by atoms with Crippen LogP contribution in [0, 0.1) is 20.2 Å². The van der Waals surface area contributed by atoms with Crippen molar-refractivity contribution in [3.8, 4) is 0 Å². The molecule has 0 aromatic heterocycles. The van der Waals surface area contributed by atoms with Gasteiger partial charge in [-0.25, -0.2) is 0 Å². The highest BCUT2D eigenvalue weighted by molar-refractivity contribution is 8.06. The Morgan fingerprint density at radius 2 is 1.89 bits per heavy atom. The molecular weight excluding hydrogens is 287 g/mol. The molecule has 0 saturated carbocycles. The van der Waals surface area contributed by atoms with Crippen molar-refractivity contribution in [1.82, 2.24) is 0 Å². The first-order valence-electron chi connectivity index (χ1n) is 4.32. The molecule has 0 amide bonds. The minimum atomic E-state index is -3.94. The number of nitro benzene ring substituents is 2. The molecule has 11 heteroatoms. The maximum atomic E-state index is 10.7. The number of non-ortho nitro benzene ring substituents is 1. The highest BCUT2D eigenvalue weighted by Crippen LogP contribution is 2.38. The lowest BCUT2D eigenvalue weighted by molar-refractivity contribution is -0.394. The van der Waals surface area contributed by atoms with Gasteiger partial charge in [0.05, 0.1) is 28.1 Å². The van der Waals surface area contributed by atoms with Gasteiger partial charge in [-0.15, -0.1) is 0 Å². The van der Waals surface area contributed by atoms with Crippen molar-refractivity contribution in [2.24, 2.45) is 0 Å². The molecule has 0 aliphatic rings. The fourth-order valence-corrected chi connectivity index (χ4v) is 1.58. The first kappa shape index (κ1) is 14.6. The molecule has 0 aliphatic carbocycles. The standard InChI is InChI=1S/C7H7N2O7PS/c10-8(11)6-2-1-5(4-16-17(14,15)18)7(3-6)9(12)13/h1-3H,4H2,(H2,14,15,18). The van der Waals surface area contributed by atoms with Gasteiger partial charge in [0, 0.05) is 6.07 Å². The van der Waals surface area contributed by atoms with Crippen molar-refractivity contribution in [3.63, 3.8) is 0 Å². The van der Waals surface area contributed by atoms with Crippen LogP contribution in [-0.4, -0.2) is 19.6 Å².